The summed E-state index contributed by atoms with van der Waals surface area (Å²) in [4.78, 5) is 12.3. The molecule has 1 fully saturated rings. The molecule has 18 heavy (non-hydrogen) atoms. The van der Waals surface area contributed by atoms with Gasteiger partial charge in [0.2, 0.25) is 0 Å². The minimum atomic E-state index is -0.250. The van der Waals surface area contributed by atoms with Crippen molar-refractivity contribution >= 4 is 21.8 Å². The predicted octanol–water partition coefficient (Wildman–Crippen LogP) is 3.06. The topological polar surface area (TPSA) is 38.3 Å². The second kappa shape index (κ2) is 5.41. The molecule has 2 rings (SSSR count). The number of carbonyl (C=O) groups is 1. The summed E-state index contributed by atoms with van der Waals surface area (Å²) < 4.78 is 6.28. The Morgan fingerprint density at radius 2 is 2.28 bits per heavy atom. The van der Waals surface area contributed by atoms with Crippen molar-refractivity contribution < 1.29 is 9.53 Å². The standard InChI is InChI=1S/C14H18BrNO2/c1-10-4-5-11(12(15)8-10)13(17)16-14(2)6-3-7-18-9-14/h4-5,8H,3,6-7,9H2,1-2H3,(H,16,17). The number of rotatable bonds is 2. The van der Waals surface area contributed by atoms with Crippen LogP contribution in [-0.2, 0) is 4.74 Å². The van der Waals surface area contributed by atoms with Gasteiger partial charge in [-0.1, -0.05) is 6.07 Å². The predicted molar refractivity (Wildman–Crippen MR) is 74.8 cm³/mol. The molecule has 98 valence electrons. The summed E-state index contributed by atoms with van der Waals surface area (Å²) >= 11 is 3.44. The first kappa shape index (κ1) is 13.6. The molecule has 1 aliphatic rings. The number of benzene rings is 1. The van der Waals surface area contributed by atoms with Crippen molar-refractivity contribution in [2.75, 3.05) is 13.2 Å². The van der Waals surface area contributed by atoms with E-state index in [-0.39, 0.29) is 11.4 Å². The smallest absolute Gasteiger partial charge is 0.252 e. The molecule has 4 heteroatoms. The third-order valence-corrected chi connectivity index (χ3v) is 3.88. The summed E-state index contributed by atoms with van der Waals surface area (Å²) in [5.74, 6) is -0.0464. The Bertz CT molecular complexity index is 453. The maximum Gasteiger partial charge on any atom is 0.252 e. The van der Waals surface area contributed by atoms with E-state index in [0.717, 1.165) is 29.5 Å². The first-order valence-electron chi connectivity index (χ1n) is 6.17. The third-order valence-electron chi connectivity index (χ3n) is 3.22. The van der Waals surface area contributed by atoms with E-state index >= 15 is 0 Å². The fraction of sp³-hybridized carbons (Fsp3) is 0.500. The normalized spacial score (nSPS) is 23.7. The Kier molecular flexibility index (Phi) is 4.07. The first-order chi connectivity index (χ1) is 8.50. The van der Waals surface area contributed by atoms with Crippen molar-refractivity contribution in [2.45, 2.75) is 32.2 Å². The van der Waals surface area contributed by atoms with Gasteiger partial charge in [0, 0.05) is 11.1 Å². The highest BCUT2D eigenvalue weighted by atomic mass is 79.9. The summed E-state index contributed by atoms with van der Waals surface area (Å²) in [6, 6.07) is 5.75. The van der Waals surface area contributed by atoms with Crippen molar-refractivity contribution in [1.82, 2.24) is 5.32 Å². The van der Waals surface area contributed by atoms with Gasteiger partial charge < -0.3 is 10.1 Å². The van der Waals surface area contributed by atoms with Crippen molar-refractivity contribution in [1.29, 1.82) is 0 Å². The highest BCUT2D eigenvalue weighted by Gasteiger charge is 2.30. The van der Waals surface area contributed by atoms with Crippen LogP contribution in [0.2, 0.25) is 0 Å². The van der Waals surface area contributed by atoms with Crippen LogP contribution in [-0.4, -0.2) is 24.7 Å². The van der Waals surface area contributed by atoms with Gasteiger partial charge in [0.1, 0.15) is 0 Å². The van der Waals surface area contributed by atoms with Crippen molar-refractivity contribution in [2.24, 2.45) is 0 Å². The Morgan fingerprint density at radius 3 is 2.89 bits per heavy atom. The lowest BCUT2D eigenvalue weighted by Gasteiger charge is -2.34. The molecule has 0 spiro atoms. The number of carbonyl (C=O) groups excluding carboxylic acids is 1. The molecule has 1 unspecified atom stereocenters. The van der Waals surface area contributed by atoms with Crippen LogP contribution in [0.15, 0.2) is 22.7 Å². The Balaban J connectivity index is 2.11. The maximum absolute atomic E-state index is 12.3. The van der Waals surface area contributed by atoms with Crippen LogP contribution in [0.4, 0.5) is 0 Å². The van der Waals surface area contributed by atoms with Crippen LogP contribution in [0.1, 0.15) is 35.7 Å². The van der Waals surface area contributed by atoms with Gasteiger partial charge in [-0.2, -0.15) is 0 Å². The lowest BCUT2D eigenvalue weighted by molar-refractivity contribution is 0.0272. The Labute approximate surface area is 116 Å². The number of ether oxygens (including phenoxy) is 1. The molecule has 1 aromatic carbocycles. The number of amides is 1. The second-order valence-corrected chi connectivity index (χ2v) is 6.01. The number of hydrogen-bond donors (Lipinski definition) is 1. The number of aryl methyl sites for hydroxylation is 1. The molecule has 0 radical (unpaired) electrons. The zero-order chi connectivity index (χ0) is 13.2. The lowest BCUT2D eigenvalue weighted by Crippen LogP contribution is -2.51. The number of nitrogens with one attached hydrogen (secondary N) is 1. The van der Waals surface area contributed by atoms with Gasteiger partial charge in [-0.25, -0.2) is 0 Å². The number of halogens is 1. The SMILES string of the molecule is Cc1ccc(C(=O)NC2(C)CCCOC2)c(Br)c1. The van der Waals surface area contributed by atoms with Crippen LogP contribution >= 0.6 is 15.9 Å². The van der Waals surface area contributed by atoms with E-state index < -0.39 is 0 Å². The van der Waals surface area contributed by atoms with Gasteiger partial charge in [0.15, 0.2) is 0 Å². The molecule has 0 aromatic heterocycles. The molecule has 1 heterocycles. The minimum Gasteiger partial charge on any atom is -0.379 e. The van der Waals surface area contributed by atoms with Gasteiger partial charge >= 0.3 is 0 Å². The molecule has 0 saturated carbocycles. The Hall–Kier alpha value is -0.870. The van der Waals surface area contributed by atoms with Crippen molar-refractivity contribution in [3.8, 4) is 0 Å². The first-order valence-corrected chi connectivity index (χ1v) is 6.96. The minimum absolute atomic E-state index is 0.0464. The zero-order valence-corrected chi connectivity index (χ0v) is 12.3. The largest absolute Gasteiger partial charge is 0.379 e. The van der Waals surface area contributed by atoms with Gasteiger partial charge in [-0.3, -0.25) is 4.79 Å². The van der Waals surface area contributed by atoms with Crippen LogP contribution < -0.4 is 5.32 Å². The van der Waals surface area contributed by atoms with E-state index in [9.17, 15) is 4.79 Å². The monoisotopic (exact) mass is 311 g/mol. The highest BCUT2D eigenvalue weighted by molar-refractivity contribution is 9.10. The van der Waals surface area contributed by atoms with E-state index in [0.29, 0.717) is 12.2 Å². The summed E-state index contributed by atoms with van der Waals surface area (Å²) in [7, 11) is 0. The second-order valence-electron chi connectivity index (χ2n) is 5.15. The molecular formula is C14H18BrNO2. The average Bonchev–Trinajstić information content (AvgIpc) is 2.28. The van der Waals surface area contributed by atoms with Crippen molar-refractivity contribution in [3.63, 3.8) is 0 Å². The van der Waals surface area contributed by atoms with E-state index in [2.05, 4.69) is 21.2 Å². The Morgan fingerprint density at radius 1 is 1.50 bits per heavy atom. The maximum atomic E-state index is 12.3. The van der Waals surface area contributed by atoms with E-state index in [4.69, 9.17) is 4.74 Å². The van der Waals surface area contributed by atoms with E-state index in [1.807, 2.05) is 32.0 Å². The van der Waals surface area contributed by atoms with Gasteiger partial charge in [-0.05, 0) is 60.3 Å². The summed E-state index contributed by atoms with van der Waals surface area (Å²) in [6.07, 6.45) is 1.95. The summed E-state index contributed by atoms with van der Waals surface area (Å²) in [5.41, 5.74) is 1.55. The molecular weight excluding hydrogens is 294 g/mol. The quantitative estimate of drug-likeness (QED) is 0.911. The van der Waals surface area contributed by atoms with Crippen LogP contribution in [0.5, 0.6) is 0 Å². The van der Waals surface area contributed by atoms with Crippen LogP contribution in [0, 0.1) is 6.92 Å². The van der Waals surface area contributed by atoms with E-state index in [1.165, 1.54) is 0 Å². The molecule has 1 N–H and O–H groups in total. The molecule has 0 bridgehead atoms. The third kappa shape index (κ3) is 3.12. The molecule has 1 aromatic rings. The molecule has 1 aliphatic heterocycles. The van der Waals surface area contributed by atoms with Gasteiger partial charge in [0.05, 0.1) is 17.7 Å². The molecule has 0 aliphatic carbocycles. The average molecular weight is 312 g/mol. The van der Waals surface area contributed by atoms with Crippen molar-refractivity contribution in [3.05, 3.63) is 33.8 Å². The van der Waals surface area contributed by atoms with Gasteiger partial charge in [-0.15, -0.1) is 0 Å². The fourth-order valence-electron chi connectivity index (χ4n) is 2.18. The van der Waals surface area contributed by atoms with Crippen LogP contribution in [0.3, 0.4) is 0 Å². The van der Waals surface area contributed by atoms with E-state index in [1.54, 1.807) is 0 Å². The summed E-state index contributed by atoms with van der Waals surface area (Å²) in [6.45, 7) is 5.41. The fourth-order valence-corrected chi connectivity index (χ4v) is 2.85. The highest BCUT2D eigenvalue weighted by Crippen LogP contribution is 2.22. The molecule has 1 atom stereocenters. The lowest BCUT2D eigenvalue weighted by atomic mass is 9.94. The van der Waals surface area contributed by atoms with Gasteiger partial charge in [0.25, 0.3) is 5.91 Å². The number of hydrogen-bond acceptors (Lipinski definition) is 2. The van der Waals surface area contributed by atoms with Crippen LogP contribution in [0.25, 0.3) is 0 Å². The summed E-state index contributed by atoms with van der Waals surface area (Å²) in [5, 5.41) is 3.08. The zero-order valence-electron chi connectivity index (χ0n) is 10.8. The molecule has 3 nitrogen and oxygen atoms in total. The molecule has 1 saturated heterocycles. The molecule has 1 amide bonds.